The minimum atomic E-state index is -0.249. The molecule has 1 aliphatic heterocycles. The van der Waals surface area contributed by atoms with Gasteiger partial charge in [-0.15, -0.1) is 0 Å². The van der Waals surface area contributed by atoms with Crippen LogP contribution < -0.4 is 5.32 Å². The molecule has 0 aromatic heterocycles. The standard InChI is InChI=1S/C12H23NO3/c1-10(9-14)8-13-11-2-4-12(5-3-11)15-6-7-16-12/h10-11,13-14H,2-9H2,1H3. The maximum Gasteiger partial charge on any atom is 0.168 e. The van der Waals surface area contributed by atoms with E-state index in [1.165, 1.54) is 0 Å². The number of aliphatic hydroxyl groups is 1. The third kappa shape index (κ3) is 2.94. The summed E-state index contributed by atoms with van der Waals surface area (Å²) >= 11 is 0. The molecule has 1 spiro atoms. The molecule has 16 heavy (non-hydrogen) atoms. The van der Waals surface area contributed by atoms with Crippen LogP contribution in [0.3, 0.4) is 0 Å². The third-order valence-corrected chi connectivity index (χ3v) is 3.63. The van der Waals surface area contributed by atoms with Crippen LogP contribution in [0.2, 0.25) is 0 Å². The van der Waals surface area contributed by atoms with E-state index in [4.69, 9.17) is 14.6 Å². The number of aliphatic hydroxyl groups excluding tert-OH is 1. The zero-order valence-corrected chi connectivity index (χ0v) is 10.1. The summed E-state index contributed by atoms with van der Waals surface area (Å²) in [5.41, 5.74) is 0. The van der Waals surface area contributed by atoms with E-state index in [2.05, 4.69) is 12.2 Å². The molecule has 0 aromatic rings. The van der Waals surface area contributed by atoms with Crippen LogP contribution in [-0.4, -0.2) is 43.3 Å². The predicted octanol–water partition coefficient (Wildman–Crippen LogP) is 0.890. The summed E-state index contributed by atoms with van der Waals surface area (Å²) in [5, 5.41) is 12.5. The first kappa shape index (κ1) is 12.3. The van der Waals surface area contributed by atoms with Gasteiger partial charge in [0.25, 0.3) is 0 Å². The lowest BCUT2D eigenvalue weighted by Gasteiger charge is -2.36. The predicted molar refractivity (Wildman–Crippen MR) is 61.1 cm³/mol. The number of nitrogens with one attached hydrogen (secondary N) is 1. The van der Waals surface area contributed by atoms with Crippen molar-refractivity contribution in [2.75, 3.05) is 26.4 Å². The van der Waals surface area contributed by atoms with Gasteiger partial charge in [-0.2, -0.15) is 0 Å². The Balaban J connectivity index is 1.69. The zero-order chi connectivity index (χ0) is 11.4. The van der Waals surface area contributed by atoms with Crippen molar-refractivity contribution >= 4 is 0 Å². The van der Waals surface area contributed by atoms with Crippen molar-refractivity contribution in [3.63, 3.8) is 0 Å². The fourth-order valence-corrected chi connectivity index (χ4v) is 2.48. The van der Waals surface area contributed by atoms with Gasteiger partial charge in [0, 0.05) is 32.0 Å². The molecule has 94 valence electrons. The summed E-state index contributed by atoms with van der Waals surface area (Å²) in [4.78, 5) is 0. The lowest BCUT2D eigenvalue weighted by molar-refractivity contribution is -0.179. The van der Waals surface area contributed by atoms with Crippen LogP contribution >= 0.6 is 0 Å². The molecule has 1 unspecified atom stereocenters. The molecule has 1 aliphatic carbocycles. The quantitative estimate of drug-likeness (QED) is 0.751. The Hall–Kier alpha value is -0.160. The van der Waals surface area contributed by atoms with E-state index in [-0.39, 0.29) is 12.4 Å². The fourth-order valence-electron chi connectivity index (χ4n) is 2.48. The van der Waals surface area contributed by atoms with Gasteiger partial charge in [-0.25, -0.2) is 0 Å². The van der Waals surface area contributed by atoms with E-state index < -0.39 is 0 Å². The van der Waals surface area contributed by atoms with Crippen LogP contribution in [0.25, 0.3) is 0 Å². The topological polar surface area (TPSA) is 50.7 Å². The molecule has 1 heterocycles. The van der Waals surface area contributed by atoms with Gasteiger partial charge in [0.05, 0.1) is 13.2 Å². The number of hydrogen-bond acceptors (Lipinski definition) is 4. The Morgan fingerprint density at radius 2 is 1.94 bits per heavy atom. The Kier molecular flexibility index (Phi) is 4.19. The van der Waals surface area contributed by atoms with Gasteiger partial charge in [0.15, 0.2) is 5.79 Å². The van der Waals surface area contributed by atoms with Crippen molar-refractivity contribution in [1.82, 2.24) is 5.32 Å². The molecule has 0 amide bonds. The fraction of sp³-hybridized carbons (Fsp3) is 1.00. The molecule has 1 atom stereocenters. The highest BCUT2D eigenvalue weighted by Gasteiger charge is 2.40. The maximum atomic E-state index is 8.95. The molecule has 2 fully saturated rings. The van der Waals surface area contributed by atoms with E-state index in [9.17, 15) is 0 Å². The Morgan fingerprint density at radius 1 is 1.31 bits per heavy atom. The Bertz CT molecular complexity index is 206. The molecule has 1 saturated carbocycles. The molecule has 4 nitrogen and oxygen atoms in total. The van der Waals surface area contributed by atoms with Crippen LogP contribution in [0.5, 0.6) is 0 Å². The van der Waals surface area contributed by atoms with Gasteiger partial charge in [0.2, 0.25) is 0 Å². The third-order valence-electron chi connectivity index (χ3n) is 3.63. The second-order valence-electron chi connectivity index (χ2n) is 5.08. The highest BCUT2D eigenvalue weighted by Crippen LogP contribution is 2.35. The Morgan fingerprint density at radius 3 is 2.50 bits per heavy atom. The summed E-state index contributed by atoms with van der Waals surface area (Å²) in [5.74, 6) is 0.0932. The average Bonchev–Trinajstić information content (AvgIpc) is 2.77. The van der Waals surface area contributed by atoms with Crippen LogP contribution in [0, 0.1) is 5.92 Å². The van der Waals surface area contributed by atoms with Gasteiger partial charge >= 0.3 is 0 Å². The first-order valence-corrected chi connectivity index (χ1v) is 6.36. The zero-order valence-electron chi connectivity index (χ0n) is 10.1. The minimum Gasteiger partial charge on any atom is -0.396 e. The van der Waals surface area contributed by atoms with Crippen LogP contribution in [0.4, 0.5) is 0 Å². The van der Waals surface area contributed by atoms with Gasteiger partial charge < -0.3 is 19.9 Å². The first-order valence-electron chi connectivity index (χ1n) is 6.36. The van der Waals surface area contributed by atoms with Crippen molar-refractivity contribution in [3.05, 3.63) is 0 Å². The van der Waals surface area contributed by atoms with Crippen LogP contribution in [0.15, 0.2) is 0 Å². The Labute approximate surface area is 97.3 Å². The van der Waals surface area contributed by atoms with Crippen molar-refractivity contribution in [1.29, 1.82) is 0 Å². The minimum absolute atomic E-state index is 0.249. The average molecular weight is 229 g/mol. The molecule has 4 heteroatoms. The van der Waals surface area contributed by atoms with Gasteiger partial charge in [-0.1, -0.05) is 6.92 Å². The van der Waals surface area contributed by atoms with Crippen molar-refractivity contribution in [3.8, 4) is 0 Å². The van der Waals surface area contributed by atoms with E-state index in [1.54, 1.807) is 0 Å². The van der Waals surface area contributed by atoms with E-state index in [1.807, 2.05) is 0 Å². The summed E-state index contributed by atoms with van der Waals surface area (Å²) in [6.45, 7) is 4.71. The second kappa shape index (κ2) is 5.45. The van der Waals surface area contributed by atoms with Crippen molar-refractivity contribution in [2.24, 2.45) is 5.92 Å². The SMILES string of the molecule is CC(CO)CNC1CCC2(CC1)OCCO2. The van der Waals surface area contributed by atoms with Crippen molar-refractivity contribution in [2.45, 2.75) is 44.4 Å². The van der Waals surface area contributed by atoms with Crippen LogP contribution in [-0.2, 0) is 9.47 Å². The van der Waals surface area contributed by atoms with Crippen LogP contribution in [0.1, 0.15) is 32.6 Å². The molecular formula is C12H23NO3. The molecule has 1 saturated heterocycles. The van der Waals surface area contributed by atoms with Gasteiger partial charge in [-0.05, 0) is 18.8 Å². The summed E-state index contributed by atoms with van der Waals surface area (Å²) in [7, 11) is 0. The summed E-state index contributed by atoms with van der Waals surface area (Å²) in [6, 6.07) is 0.562. The number of hydrogen-bond donors (Lipinski definition) is 2. The number of rotatable bonds is 4. The molecule has 0 radical (unpaired) electrons. The number of ether oxygens (including phenoxy) is 2. The maximum absolute atomic E-state index is 8.95. The molecule has 0 aromatic carbocycles. The molecule has 0 bridgehead atoms. The molecule has 2 aliphatic rings. The second-order valence-corrected chi connectivity index (χ2v) is 5.08. The van der Waals surface area contributed by atoms with E-state index in [0.29, 0.717) is 12.0 Å². The summed E-state index contributed by atoms with van der Waals surface area (Å²) < 4.78 is 11.4. The molecular weight excluding hydrogens is 206 g/mol. The lowest BCUT2D eigenvalue weighted by atomic mass is 9.90. The smallest absolute Gasteiger partial charge is 0.168 e. The first-order chi connectivity index (χ1) is 7.74. The molecule has 2 N–H and O–H groups in total. The molecule has 2 rings (SSSR count). The highest BCUT2D eigenvalue weighted by atomic mass is 16.7. The van der Waals surface area contributed by atoms with Crippen molar-refractivity contribution < 1.29 is 14.6 Å². The highest BCUT2D eigenvalue weighted by molar-refractivity contribution is 4.85. The van der Waals surface area contributed by atoms with E-state index >= 15 is 0 Å². The van der Waals surface area contributed by atoms with Gasteiger partial charge in [0.1, 0.15) is 0 Å². The summed E-state index contributed by atoms with van der Waals surface area (Å²) in [6.07, 6.45) is 4.21. The monoisotopic (exact) mass is 229 g/mol. The van der Waals surface area contributed by atoms with Gasteiger partial charge in [-0.3, -0.25) is 0 Å². The van der Waals surface area contributed by atoms with E-state index in [0.717, 1.165) is 45.4 Å². The lowest BCUT2D eigenvalue weighted by Crippen LogP contribution is -2.43. The normalized spacial score (nSPS) is 27.4. The largest absolute Gasteiger partial charge is 0.396 e.